The van der Waals surface area contributed by atoms with Gasteiger partial charge in [-0.2, -0.15) is 0 Å². The van der Waals surface area contributed by atoms with Crippen LogP contribution in [0.25, 0.3) is 6.08 Å². The highest BCUT2D eigenvalue weighted by molar-refractivity contribution is 8.18. The summed E-state index contributed by atoms with van der Waals surface area (Å²) in [5, 5.41) is -0.260. The molecule has 5 nitrogen and oxygen atoms in total. The lowest BCUT2D eigenvalue weighted by atomic mass is 10.1. The molecule has 0 saturated carbocycles. The Balaban J connectivity index is 1.43. The standard InChI is InChI=1S/C28H26FNO4S/c1-2-33-25-17-21(14-15-24(25)34-19-22-12-6-7-13-23(22)29)18-26-27(31)30(28(32)35-26)16-8-11-20-9-4-3-5-10-20/h3-7,9-10,12-15,17-18H,2,8,11,16,19H2,1H3/b26-18+. The van der Waals surface area contributed by atoms with Crippen molar-refractivity contribution in [3.63, 3.8) is 0 Å². The third kappa shape index (κ3) is 6.31. The van der Waals surface area contributed by atoms with E-state index in [1.54, 1.807) is 42.5 Å². The van der Waals surface area contributed by atoms with Crippen LogP contribution >= 0.6 is 11.8 Å². The number of ether oxygens (including phenoxy) is 2. The average Bonchev–Trinajstić information content (AvgIpc) is 3.12. The Bertz CT molecular complexity index is 1230. The lowest BCUT2D eigenvalue weighted by Crippen LogP contribution is -2.29. The van der Waals surface area contributed by atoms with E-state index in [9.17, 15) is 14.0 Å². The van der Waals surface area contributed by atoms with Crippen LogP contribution in [0.1, 0.15) is 30.0 Å². The number of rotatable bonds is 10. The SMILES string of the molecule is CCOc1cc(/C=C2/SC(=O)N(CCCc3ccccc3)C2=O)ccc1OCc1ccccc1F. The molecule has 0 bridgehead atoms. The van der Waals surface area contributed by atoms with Crippen molar-refractivity contribution in [3.8, 4) is 11.5 Å². The fourth-order valence-corrected chi connectivity index (χ4v) is 4.57. The summed E-state index contributed by atoms with van der Waals surface area (Å²) in [6.45, 7) is 2.71. The molecule has 1 heterocycles. The molecule has 0 N–H and O–H groups in total. The summed E-state index contributed by atoms with van der Waals surface area (Å²) in [6, 6.07) is 21.7. The van der Waals surface area contributed by atoms with Gasteiger partial charge in [-0.3, -0.25) is 14.5 Å². The van der Waals surface area contributed by atoms with Gasteiger partial charge in [0.25, 0.3) is 11.1 Å². The zero-order chi connectivity index (χ0) is 24.6. The molecule has 3 aromatic rings. The number of carbonyl (C=O) groups excluding carboxylic acids is 2. The van der Waals surface area contributed by atoms with Crippen LogP contribution in [0.15, 0.2) is 77.7 Å². The minimum Gasteiger partial charge on any atom is -0.490 e. The fraction of sp³-hybridized carbons (Fsp3) is 0.214. The molecular weight excluding hydrogens is 465 g/mol. The van der Waals surface area contributed by atoms with Gasteiger partial charge in [0.2, 0.25) is 0 Å². The maximum Gasteiger partial charge on any atom is 0.293 e. The Morgan fingerprint density at radius 1 is 0.943 bits per heavy atom. The van der Waals surface area contributed by atoms with Crippen molar-refractivity contribution in [2.45, 2.75) is 26.4 Å². The number of hydrogen-bond donors (Lipinski definition) is 0. The normalized spacial score (nSPS) is 14.6. The van der Waals surface area contributed by atoms with Crippen molar-refractivity contribution in [2.75, 3.05) is 13.2 Å². The minimum absolute atomic E-state index is 0.0635. The third-order valence-electron chi connectivity index (χ3n) is 5.47. The van der Waals surface area contributed by atoms with Gasteiger partial charge in [0, 0.05) is 12.1 Å². The minimum atomic E-state index is -0.332. The topological polar surface area (TPSA) is 55.8 Å². The molecule has 0 aliphatic carbocycles. The van der Waals surface area contributed by atoms with Crippen LogP contribution < -0.4 is 9.47 Å². The summed E-state index contributed by atoms with van der Waals surface area (Å²) in [7, 11) is 0. The molecule has 1 aliphatic rings. The first-order valence-electron chi connectivity index (χ1n) is 11.5. The van der Waals surface area contributed by atoms with Gasteiger partial charge in [-0.15, -0.1) is 0 Å². The molecule has 0 unspecified atom stereocenters. The number of carbonyl (C=O) groups is 2. The van der Waals surface area contributed by atoms with Crippen molar-refractivity contribution in [1.29, 1.82) is 0 Å². The summed E-state index contributed by atoms with van der Waals surface area (Å²) in [6.07, 6.45) is 3.19. The smallest absolute Gasteiger partial charge is 0.293 e. The van der Waals surface area contributed by atoms with Crippen LogP contribution in [0.4, 0.5) is 9.18 Å². The Hall–Kier alpha value is -3.58. The number of hydrogen-bond acceptors (Lipinski definition) is 5. The number of amides is 2. The Morgan fingerprint density at radius 2 is 1.71 bits per heavy atom. The van der Waals surface area contributed by atoms with E-state index in [2.05, 4.69) is 0 Å². The summed E-state index contributed by atoms with van der Waals surface area (Å²) in [5.74, 6) is 0.341. The molecule has 0 aromatic heterocycles. The number of benzene rings is 3. The van der Waals surface area contributed by atoms with Crippen molar-refractivity contribution in [3.05, 3.63) is 100 Å². The summed E-state index contributed by atoms with van der Waals surface area (Å²) in [4.78, 5) is 27.0. The van der Waals surface area contributed by atoms with E-state index in [0.717, 1.165) is 18.2 Å². The number of nitrogens with zero attached hydrogens (tertiary/aromatic N) is 1. The number of aryl methyl sites for hydroxylation is 1. The van der Waals surface area contributed by atoms with E-state index in [1.165, 1.54) is 16.5 Å². The maximum absolute atomic E-state index is 13.9. The molecule has 1 saturated heterocycles. The van der Waals surface area contributed by atoms with Gasteiger partial charge in [-0.25, -0.2) is 4.39 Å². The quantitative estimate of drug-likeness (QED) is 0.304. The molecule has 35 heavy (non-hydrogen) atoms. The number of imide groups is 1. The Labute approximate surface area is 208 Å². The zero-order valence-corrected chi connectivity index (χ0v) is 20.2. The second kappa shape index (κ2) is 11.7. The Kier molecular flexibility index (Phi) is 8.21. The molecule has 1 aliphatic heterocycles. The van der Waals surface area contributed by atoms with E-state index in [1.807, 2.05) is 37.3 Å². The van der Waals surface area contributed by atoms with Crippen molar-refractivity contribution in [1.82, 2.24) is 4.90 Å². The van der Waals surface area contributed by atoms with Crippen LogP contribution in [0.5, 0.6) is 11.5 Å². The molecule has 0 atom stereocenters. The van der Waals surface area contributed by atoms with Crippen molar-refractivity contribution >= 4 is 29.0 Å². The molecule has 1 fully saturated rings. The Morgan fingerprint density at radius 3 is 2.49 bits per heavy atom. The van der Waals surface area contributed by atoms with Crippen LogP contribution in [0, 0.1) is 5.82 Å². The summed E-state index contributed by atoms with van der Waals surface area (Å²) < 4.78 is 25.4. The van der Waals surface area contributed by atoms with Crippen LogP contribution in [-0.4, -0.2) is 29.2 Å². The predicted molar refractivity (Wildman–Crippen MR) is 136 cm³/mol. The van der Waals surface area contributed by atoms with Gasteiger partial charge in [0.1, 0.15) is 12.4 Å². The maximum atomic E-state index is 13.9. The molecule has 3 aromatic carbocycles. The van der Waals surface area contributed by atoms with Crippen LogP contribution in [0.2, 0.25) is 0 Å². The molecule has 0 radical (unpaired) electrons. The van der Waals surface area contributed by atoms with E-state index in [4.69, 9.17) is 9.47 Å². The average molecular weight is 492 g/mol. The zero-order valence-electron chi connectivity index (χ0n) is 19.4. The highest BCUT2D eigenvalue weighted by Gasteiger charge is 2.34. The van der Waals surface area contributed by atoms with Gasteiger partial charge in [0.15, 0.2) is 11.5 Å². The van der Waals surface area contributed by atoms with E-state index in [-0.39, 0.29) is 23.6 Å². The largest absolute Gasteiger partial charge is 0.490 e. The first kappa shape index (κ1) is 24.5. The lowest BCUT2D eigenvalue weighted by Gasteiger charge is -2.13. The first-order valence-corrected chi connectivity index (χ1v) is 12.3. The molecule has 180 valence electrons. The molecule has 4 rings (SSSR count). The van der Waals surface area contributed by atoms with Crippen molar-refractivity contribution < 1.29 is 23.5 Å². The van der Waals surface area contributed by atoms with Gasteiger partial charge in [-0.1, -0.05) is 54.6 Å². The van der Waals surface area contributed by atoms with Crippen LogP contribution in [0.3, 0.4) is 0 Å². The van der Waals surface area contributed by atoms with Crippen LogP contribution in [-0.2, 0) is 17.8 Å². The monoisotopic (exact) mass is 491 g/mol. The van der Waals surface area contributed by atoms with Gasteiger partial charge in [-0.05, 0) is 66.9 Å². The second-order valence-corrected chi connectivity index (χ2v) is 8.93. The first-order chi connectivity index (χ1) is 17.0. The third-order valence-corrected chi connectivity index (χ3v) is 6.38. The van der Waals surface area contributed by atoms with E-state index >= 15 is 0 Å². The number of thioether (sulfide) groups is 1. The number of halogens is 1. The molecule has 2 amide bonds. The van der Waals surface area contributed by atoms with Gasteiger partial charge >= 0.3 is 0 Å². The highest BCUT2D eigenvalue weighted by atomic mass is 32.2. The summed E-state index contributed by atoms with van der Waals surface area (Å²) >= 11 is 0.940. The lowest BCUT2D eigenvalue weighted by molar-refractivity contribution is -0.122. The highest BCUT2D eigenvalue weighted by Crippen LogP contribution is 2.35. The molecule has 0 spiro atoms. The van der Waals surface area contributed by atoms with E-state index < -0.39 is 0 Å². The predicted octanol–water partition coefficient (Wildman–Crippen LogP) is 6.47. The molecular formula is C28H26FNO4S. The summed E-state index contributed by atoms with van der Waals surface area (Å²) in [5.41, 5.74) is 2.33. The fourth-order valence-electron chi connectivity index (χ4n) is 3.70. The molecule has 7 heteroatoms. The second-order valence-electron chi connectivity index (χ2n) is 7.94. The van der Waals surface area contributed by atoms with Gasteiger partial charge < -0.3 is 9.47 Å². The van der Waals surface area contributed by atoms with Crippen molar-refractivity contribution in [2.24, 2.45) is 0 Å². The van der Waals surface area contributed by atoms with E-state index in [0.29, 0.717) is 47.1 Å². The van der Waals surface area contributed by atoms with Gasteiger partial charge in [0.05, 0.1) is 11.5 Å².